The molecule has 3 nitrogen and oxygen atoms in total. The lowest BCUT2D eigenvalue weighted by molar-refractivity contribution is 0.0944. The number of amides is 1. The first kappa shape index (κ1) is 16.0. The Morgan fingerprint density at radius 3 is 2.67 bits per heavy atom. The lowest BCUT2D eigenvalue weighted by atomic mass is 9.83. The molecule has 116 valence electrons. The molecule has 1 heterocycles. The molecule has 2 atom stereocenters. The Morgan fingerprint density at radius 2 is 2.00 bits per heavy atom. The van der Waals surface area contributed by atoms with Crippen LogP contribution in [-0.2, 0) is 5.41 Å². The summed E-state index contributed by atoms with van der Waals surface area (Å²) in [5.74, 6) is 0.0422. The van der Waals surface area contributed by atoms with Gasteiger partial charge in [0.1, 0.15) is 0 Å². The minimum atomic E-state index is -0.0223. The Hall–Kier alpha value is -1.35. The average Bonchev–Trinajstić information content (AvgIpc) is 2.44. The maximum Gasteiger partial charge on any atom is 0.251 e. The van der Waals surface area contributed by atoms with Gasteiger partial charge in [0.05, 0.1) is 0 Å². The molecule has 0 spiro atoms. The van der Waals surface area contributed by atoms with Crippen LogP contribution in [0.1, 0.15) is 62.9 Å². The summed E-state index contributed by atoms with van der Waals surface area (Å²) in [6, 6.07) is 8.87. The molecule has 2 unspecified atom stereocenters. The highest BCUT2D eigenvalue weighted by atomic mass is 16.1. The van der Waals surface area contributed by atoms with Crippen LogP contribution in [0.3, 0.4) is 0 Å². The van der Waals surface area contributed by atoms with E-state index < -0.39 is 0 Å². The average molecular weight is 288 g/mol. The minimum Gasteiger partial charge on any atom is -0.350 e. The zero-order valence-corrected chi connectivity index (χ0v) is 13.7. The number of carbonyl (C=O) groups is 1. The molecule has 2 rings (SSSR count). The van der Waals surface area contributed by atoms with E-state index in [9.17, 15) is 4.79 Å². The quantitative estimate of drug-likeness (QED) is 0.896. The molecule has 0 saturated carbocycles. The Morgan fingerprint density at radius 1 is 1.29 bits per heavy atom. The van der Waals surface area contributed by atoms with Gasteiger partial charge in [0, 0.05) is 24.2 Å². The van der Waals surface area contributed by atoms with E-state index in [0.717, 1.165) is 17.5 Å². The molecule has 21 heavy (non-hydrogen) atoms. The van der Waals surface area contributed by atoms with Crippen LogP contribution in [0.15, 0.2) is 24.3 Å². The van der Waals surface area contributed by atoms with Crippen LogP contribution in [0, 0.1) is 0 Å². The van der Waals surface area contributed by atoms with E-state index in [1.165, 1.54) is 12.8 Å². The maximum atomic E-state index is 12.5. The van der Waals surface area contributed by atoms with E-state index >= 15 is 0 Å². The van der Waals surface area contributed by atoms with Gasteiger partial charge in [-0.25, -0.2) is 0 Å². The van der Waals surface area contributed by atoms with Crippen LogP contribution in [0.25, 0.3) is 0 Å². The number of hydrogen-bond acceptors (Lipinski definition) is 2. The number of piperidine rings is 1. The van der Waals surface area contributed by atoms with Gasteiger partial charge in [-0.3, -0.25) is 4.79 Å². The molecule has 2 N–H and O–H groups in total. The third-order valence-corrected chi connectivity index (χ3v) is 4.20. The first-order chi connectivity index (χ1) is 9.88. The van der Waals surface area contributed by atoms with Crippen molar-refractivity contribution in [3.63, 3.8) is 0 Å². The molecular formula is C18H28N2O. The van der Waals surface area contributed by atoms with Gasteiger partial charge in [0.25, 0.3) is 5.91 Å². The van der Waals surface area contributed by atoms with Crippen molar-refractivity contribution in [2.24, 2.45) is 0 Å². The van der Waals surface area contributed by atoms with E-state index in [-0.39, 0.29) is 11.3 Å². The fraction of sp³-hybridized carbons (Fsp3) is 0.611. The second kappa shape index (κ2) is 6.61. The van der Waals surface area contributed by atoms with Crippen LogP contribution in [-0.4, -0.2) is 24.5 Å². The standard InChI is InChI=1S/C18H28N2O/c1-13-8-7-9-14(20-13)12-19-17(21)15-10-5-6-11-16(15)18(2,3)4/h5-6,10-11,13-14,20H,7-9,12H2,1-4H3,(H,19,21). The third-order valence-electron chi connectivity index (χ3n) is 4.20. The van der Waals surface area contributed by atoms with E-state index in [1.807, 2.05) is 18.2 Å². The summed E-state index contributed by atoms with van der Waals surface area (Å²) in [6.07, 6.45) is 3.62. The summed E-state index contributed by atoms with van der Waals surface area (Å²) in [6.45, 7) is 9.35. The van der Waals surface area contributed by atoms with Crippen LogP contribution in [0.2, 0.25) is 0 Å². The summed E-state index contributed by atoms with van der Waals surface area (Å²) in [5.41, 5.74) is 1.88. The largest absolute Gasteiger partial charge is 0.350 e. The number of rotatable bonds is 3. The number of carbonyl (C=O) groups excluding carboxylic acids is 1. The maximum absolute atomic E-state index is 12.5. The zero-order chi connectivity index (χ0) is 15.5. The molecule has 0 bridgehead atoms. The van der Waals surface area contributed by atoms with Crippen molar-refractivity contribution in [1.82, 2.24) is 10.6 Å². The van der Waals surface area contributed by atoms with Gasteiger partial charge in [0.2, 0.25) is 0 Å². The zero-order valence-electron chi connectivity index (χ0n) is 13.7. The highest BCUT2D eigenvalue weighted by Crippen LogP contribution is 2.25. The molecule has 1 amide bonds. The van der Waals surface area contributed by atoms with Crippen molar-refractivity contribution < 1.29 is 4.79 Å². The Kier molecular flexibility index (Phi) is 5.04. The van der Waals surface area contributed by atoms with E-state index in [4.69, 9.17) is 0 Å². The van der Waals surface area contributed by atoms with Crippen molar-refractivity contribution in [3.05, 3.63) is 35.4 Å². The van der Waals surface area contributed by atoms with Crippen LogP contribution >= 0.6 is 0 Å². The second-order valence-corrected chi connectivity index (χ2v) is 7.20. The van der Waals surface area contributed by atoms with Crippen LogP contribution in [0.5, 0.6) is 0 Å². The lowest BCUT2D eigenvalue weighted by Gasteiger charge is -2.29. The molecule has 3 heteroatoms. The van der Waals surface area contributed by atoms with Gasteiger partial charge in [-0.15, -0.1) is 0 Å². The fourth-order valence-electron chi connectivity index (χ4n) is 3.05. The van der Waals surface area contributed by atoms with Crippen LogP contribution < -0.4 is 10.6 Å². The molecule has 0 aliphatic carbocycles. The number of nitrogens with one attached hydrogen (secondary N) is 2. The predicted octanol–water partition coefficient (Wildman–Crippen LogP) is 3.24. The SMILES string of the molecule is CC1CCCC(CNC(=O)c2ccccc2C(C)(C)C)N1. The van der Waals surface area contributed by atoms with Gasteiger partial charge >= 0.3 is 0 Å². The molecule has 0 radical (unpaired) electrons. The van der Waals surface area contributed by atoms with Crippen molar-refractivity contribution in [1.29, 1.82) is 0 Å². The molecule has 0 aromatic heterocycles. The molecular weight excluding hydrogens is 260 g/mol. The van der Waals surface area contributed by atoms with Crippen LogP contribution in [0.4, 0.5) is 0 Å². The fourth-order valence-corrected chi connectivity index (χ4v) is 3.05. The molecule has 1 aromatic carbocycles. The van der Waals surface area contributed by atoms with Gasteiger partial charge in [-0.05, 0) is 36.8 Å². The molecule has 1 fully saturated rings. The molecule has 1 aromatic rings. The topological polar surface area (TPSA) is 41.1 Å². The van der Waals surface area contributed by atoms with E-state index in [2.05, 4.69) is 44.4 Å². The summed E-state index contributed by atoms with van der Waals surface area (Å²) in [7, 11) is 0. The molecule has 1 saturated heterocycles. The highest BCUT2D eigenvalue weighted by molar-refractivity contribution is 5.96. The third kappa shape index (κ3) is 4.31. The number of benzene rings is 1. The van der Waals surface area contributed by atoms with E-state index in [1.54, 1.807) is 0 Å². The highest BCUT2D eigenvalue weighted by Gasteiger charge is 2.22. The Labute approximate surface area is 128 Å². The Balaban J connectivity index is 2.01. The van der Waals surface area contributed by atoms with Gasteiger partial charge in [-0.1, -0.05) is 45.4 Å². The molecule has 1 aliphatic heterocycles. The summed E-state index contributed by atoms with van der Waals surface area (Å²) in [5, 5.41) is 6.65. The van der Waals surface area contributed by atoms with Crippen molar-refractivity contribution >= 4 is 5.91 Å². The molecule has 1 aliphatic rings. The van der Waals surface area contributed by atoms with Gasteiger partial charge in [-0.2, -0.15) is 0 Å². The normalized spacial score (nSPS) is 22.9. The van der Waals surface area contributed by atoms with Gasteiger partial charge in [0.15, 0.2) is 0 Å². The van der Waals surface area contributed by atoms with E-state index in [0.29, 0.717) is 18.6 Å². The van der Waals surface area contributed by atoms with Crippen molar-refractivity contribution in [3.8, 4) is 0 Å². The monoisotopic (exact) mass is 288 g/mol. The minimum absolute atomic E-state index is 0.0223. The smallest absolute Gasteiger partial charge is 0.251 e. The second-order valence-electron chi connectivity index (χ2n) is 7.20. The van der Waals surface area contributed by atoms with Gasteiger partial charge < -0.3 is 10.6 Å². The van der Waals surface area contributed by atoms with Crippen molar-refractivity contribution in [2.45, 2.75) is 64.5 Å². The van der Waals surface area contributed by atoms with Crippen molar-refractivity contribution in [2.75, 3.05) is 6.54 Å². The summed E-state index contributed by atoms with van der Waals surface area (Å²) in [4.78, 5) is 12.5. The predicted molar refractivity (Wildman–Crippen MR) is 87.7 cm³/mol. The first-order valence-electron chi connectivity index (χ1n) is 8.01. The summed E-state index contributed by atoms with van der Waals surface area (Å²) >= 11 is 0. The lowest BCUT2D eigenvalue weighted by Crippen LogP contribution is -2.47. The summed E-state index contributed by atoms with van der Waals surface area (Å²) < 4.78 is 0. The number of hydrogen-bond donors (Lipinski definition) is 2. The first-order valence-corrected chi connectivity index (χ1v) is 8.01. The Bertz CT molecular complexity index is 490.